The first-order chi connectivity index (χ1) is 9.53. The third-order valence-electron chi connectivity index (χ3n) is 2.87. The molecule has 0 saturated carbocycles. The van der Waals surface area contributed by atoms with Gasteiger partial charge in [-0.15, -0.1) is 0 Å². The molecule has 0 aliphatic carbocycles. The van der Waals surface area contributed by atoms with E-state index in [0.717, 1.165) is 24.5 Å². The van der Waals surface area contributed by atoms with Gasteiger partial charge in [0.05, 0.1) is 0 Å². The van der Waals surface area contributed by atoms with Crippen molar-refractivity contribution in [2.24, 2.45) is 0 Å². The number of benzene rings is 2. The molecule has 0 amide bonds. The van der Waals surface area contributed by atoms with Gasteiger partial charge in [0, 0.05) is 5.69 Å². The fraction of sp³-hybridized carbons (Fsp3) is 0.200. The second-order valence-corrected chi connectivity index (χ2v) is 6.13. The highest BCUT2D eigenvalue weighted by molar-refractivity contribution is 7.92. The molecule has 0 fully saturated rings. The Morgan fingerprint density at radius 1 is 1.05 bits per heavy atom. The predicted molar refractivity (Wildman–Crippen MR) is 77.6 cm³/mol. The molecular formula is C15H16FNO2S. The van der Waals surface area contributed by atoms with Crippen LogP contribution in [0.3, 0.4) is 0 Å². The van der Waals surface area contributed by atoms with Gasteiger partial charge < -0.3 is 0 Å². The van der Waals surface area contributed by atoms with Crippen molar-refractivity contribution >= 4 is 15.7 Å². The van der Waals surface area contributed by atoms with Crippen LogP contribution in [0.5, 0.6) is 0 Å². The number of sulfonamides is 1. The minimum absolute atomic E-state index is 0.349. The summed E-state index contributed by atoms with van der Waals surface area (Å²) in [6.07, 6.45) is 1.97. The fourth-order valence-electron chi connectivity index (χ4n) is 1.90. The van der Waals surface area contributed by atoms with Gasteiger partial charge in [0.1, 0.15) is 10.7 Å². The molecule has 5 heteroatoms. The molecule has 0 aromatic heterocycles. The van der Waals surface area contributed by atoms with Gasteiger partial charge >= 0.3 is 0 Å². The fourth-order valence-corrected chi connectivity index (χ4v) is 3.04. The number of aryl methyl sites for hydroxylation is 1. The lowest BCUT2D eigenvalue weighted by molar-refractivity contribution is 0.570. The zero-order valence-corrected chi connectivity index (χ0v) is 12.0. The molecule has 106 valence electrons. The minimum atomic E-state index is -3.89. The van der Waals surface area contributed by atoms with Crippen LogP contribution < -0.4 is 4.72 Å². The molecule has 0 heterocycles. The van der Waals surface area contributed by atoms with E-state index in [0.29, 0.717) is 5.69 Å². The summed E-state index contributed by atoms with van der Waals surface area (Å²) in [5.41, 5.74) is 1.56. The molecule has 0 aliphatic heterocycles. The van der Waals surface area contributed by atoms with Crippen LogP contribution in [0.4, 0.5) is 10.1 Å². The number of rotatable bonds is 5. The summed E-state index contributed by atoms with van der Waals surface area (Å²) < 4.78 is 40.1. The normalized spacial score (nSPS) is 11.3. The zero-order valence-electron chi connectivity index (χ0n) is 11.1. The monoisotopic (exact) mass is 293 g/mol. The average Bonchev–Trinajstić information content (AvgIpc) is 2.41. The minimum Gasteiger partial charge on any atom is -0.280 e. The summed E-state index contributed by atoms with van der Waals surface area (Å²) >= 11 is 0. The highest BCUT2D eigenvalue weighted by Crippen LogP contribution is 2.19. The Morgan fingerprint density at radius 3 is 2.30 bits per heavy atom. The van der Waals surface area contributed by atoms with E-state index < -0.39 is 15.8 Å². The van der Waals surface area contributed by atoms with E-state index in [1.54, 1.807) is 12.1 Å². The van der Waals surface area contributed by atoms with Gasteiger partial charge in [0.2, 0.25) is 0 Å². The average molecular weight is 293 g/mol. The van der Waals surface area contributed by atoms with Crippen molar-refractivity contribution in [3.63, 3.8) is 0 Å². The predicted octanol–water partition coefficient (Wildman–Crippen LogP) is 3.58. The first kappa shape index (κ1) is 14.5. The molecule has 1 N–H and O–H groups in total. The highest BCUT2D eigenvalue weighted by atomic mass is 32.2. The van der Waals surface area contributed by atoms with Crippen LogP contribution in [0.1, 0.15) is 18.9 Å². The summed E-state index contributed by atoms with van der Waals surface area (Å²) in [4.78, 5) is -0.349. The lowest BCUT2D eigenvalue weighted by Crippen LogP contribution is -2.14. The maximum atomic E-state index is 13.5. The maximum absolute atomic E-state index is 13.5. The van der Waals surface area contributed by atoms with Crippen LogP contribution in [0.25, 0.3) is 0 Å². The largest absolute Gasteiger partial charge is 0.280 e. The van der Waals surface area contributed by atoms with Gasteiger partial charge in [-0.2, -0.15) is 0 Å². The van der Waals surface area contributed by atoms with Crippen molar-refractivity contribution in [2.75, 3.05) is 4.72 Å². The quantitative estimate of drug-likeness (QED) is 0.916. The van der Waals surface area contributed by atoms with Gasteiger partial charge in [-0.1, -0.05) is 37.6 Å². The lowest BCUT2D eigenvalue weighted by atomic mass is 10.1. The Kier molecular flexibility index (Phi) is 4.39. The standard InChI is InChI=1S/C15H16FNO2S/c1-2-5-12-8-10-13(11-9-12)17-20(18,19)15-7-4-3-6-14(15)16/h3-4,6-11,17H,2,5H2,1H3. The zero-order chi connectivity index (χ0) is 14.6. The topological polar surface area (TPSA) is 46.2 Å². The molecule has 3 nitrogen and oxygen atoms in total. The molecule has 0 radical (unpaired) electrons. The molecule has 0 bridgehead atoms. The number of nitrogens with one attached hydrogen (secondary N) is 1. The van der Waals surface area contributed by atoms with Crippen molar-refractivity contribution in [3.8, 4) is 0 Å². The molecule has 0 spiro atoms. The Labute approximate surface area is 118 Å². The number of hydrogen-bond donors (Lipinski definition) is 1. The SMILES string of the molecule is CCCc1ccc(NS(=O)(=O)c2ccccc2F)cc1. The van der Waals surface area contributed by atoms with Crippen LogP contribution >= 0.6 is 0 Å². The smallest absolute Gasteiger partial charge is 0.264 e. The van der Waals surface area contributed by atoms with Crippen molar-refractivity contribution in [1.82, 2.24) is 0 Å². The summed E-state index contributed by atoms with van der Waals surface area (Å²) in [5, 5.41) is 0. The first-order valence-corrected chi connectivity index (χ1v) is 7.87. The van der Waals surface area contributed by atoms with Crippen LogP contribution in [-0.4, -0.2) is 8.42 Å². The molecule has 0 aliphatic rings. The summed E-state index contributed by atoms with van der Waals surface area (Å²) in [5.74, 6) is -0.761. The van der Waals surface area contributed by atoms with E-state index in [4.69, 9.17) is 0 Å². The van der Waals surface area contributed by atoms with Crippen LogP contribution in [0.2, 0.25) is 0 Å². The van der Waals surface area contributed by atoms with E-state index in [1.165, 1.54) is 18.2 Å². The molecule has 0 unspecified atom stereocenters. The summed E-state index contributed by atoms with van der Waals surface area (Å²) in [7, 11) is -3.89. The molecule has 2 rings (SSSR count). The van der Waals surface area contributed by atoms with Crippen molar-refractivity contribution < 1.29 is 12.8 Å². The summed E-state index contributed by atoms with van der Waals surface area (Å²) in [6.45, 7) is 2.08. The van der Waals surface area contributed by atoms with Gasteiger partial charge in [0.15, 0.2) is 0 Å². The van der Waals surface area contributed by atoms with Crippen LogP contribution in [0, 0.1) is 5.82 Å². The Bertz CT molecular complexity index is 681. The van der Waals surface area contributed by atoms with Crippen molar-refractivity contribution in [1.29, 1.82) is 0 Å². The molecule has 0 atom stereocenters. The van der Waals surface area contributed by atoms with E-state index >= 15 is 0 Å². The van der Waals surface area contributed by atoms with Gasteiger partial charge in [0.25, 0.3) is 10.0 Å². The lowest BCUT2D eigenvalue weighted by Gasteiger charge is -2.09. The number of halogens is 1. The first-order valence-electron chi connectivity index (χ1n) is 6.39. The van der Waals surface area contributed by atoms with Crippen molar-refractivity contribution in [3.05, 3.63) is 59.9 Å². The Hall–Kier alpha value is -1.88. The molecular weight excluding hydrogens is 277 g/mol. The van der Waals surface area contributed by atoms with E-state index in [1.807, 2.05) is 12.1 Å². The number of anilines is 1. The second kappa shape index (κ2) is 6.05. The van der Waals surface area contributed by atoms with Crippen LogP contribution in [-0.2, 0) is 16.4 Å². The third-order valence-corrected chi connectivity index (χ3v) is 4.29. The molecule has 0 saturated heterocycles. The van der Waals surface area contributed by atoms with E-state index in [9.17, 15) is 12.8 Å². The molecule has 20 heavy (non-hydrogen) atoms. The van der Waals surface area contributed by atoms with Crippen molar-refractivity contribution in [2.45, 2.75) is 24.7 Å². The van der Waals surface area contributed by atoms with Gasteiger partial charge in [-0.05, 0) is 36.2 Å². The molecule has 2 aromatic rings. The number of hydrogen-bond acceptors (Lipinski definition) is 2. The highest BCUT2D eigenvalue weighted by Gasteiger charge is 2.18. The Balaban J connectivity index is 2.22. The Morgan fingerprint density at radius 2 is 1.70 bits per heavy atom. The maximum Gasteiger partial charge on any atom is 0.264 e. The van der Waals surface area contributed by atoms with Crippen LogP contribution in [0.15, 0.2) is 53.4 Å². The summed E-state index contributed by atoms with van der Waals surface area (Å²) in [6, 6.07) is 12.4. The van der Waals surface area contributed by atoms with Gasteiger partial charge in [-0.3, -0.25) is 4.72 Å². The molecule has 2 aromatic carbocycles. The van der Waals surface area contributed by atoms with Gasteiger partial charge in [-0.25, -0.2) is 12.8 Å². The van der Waals surface area contributed by atoms with E-state index in [-0.39, 0.29) is 4.90 Å². The third kappa shape index (κ3) is 3.36. The van der Waals surface area contributed by atoms with E-state index in [2.05, 4.69) is 11.6 Å². The second-order valence-electron chi connectivity index (χ2n) is 4.48.